The minimum atomic E-state index is -3.39. The monoisotopic (exact) mass is 242 g/mol. The van der Waals surface area contributed by atoms with Crippen LogP contribution in [0.4, 0.5) is 0 Å². The van der Waals surface area contributed by atoms with Gasteiger partial charge in [0.05, 0.1) is 0 Å². The minimum Gasteiger partial charge on any atom is -0.207 e. The molecule has 15 heavy (non-hydrogen) atoms. The van der Waals surface area contributed by atoms with Gasteiger partial charge in [-0.15, -0.1) is 11.3 Å². The van der Waals surface area contributed by atoms with Gasteiger partial charge in [-0.1, -0.05) is 6.42 Å². The van der Waals surface area contributed by atoms with Crippen molar-refractivity contribution in [3.8, 4) is 6.07 Å². The Balaban J connectivity index is 2.17. The van der Waals surface area contributed by atoms with Crippen molar-refractivity contribution in [2.75, 3.05) is 0 Å². The summed E-state index contributed by atoms with van der Waals surface area (Å²) in [4.78, 5) is 0.420. The number of hydrogen-bond donors (Lipinski definition) is 1. The van der Waals surface area contributed by atoms with Gasteiger partial charge in [-0.05, 0) is 25.0 Å². The highest BCUT2D eigenvalue weighted by molar-refractivity contribution is 7.91. The lowest BCUT2D eigenvalue weighted by Crippen LogP contribution is -2.39. The predicted molar refractivity (Wildman–Crippen MR) is 57.0 cm³/mol. The second kappa shape index (κ2) is 3.93. The number of nitriles is 1. The van der Waals surface area contributed by atoms with E-state index in [2.05, 4.69) is 4.72 Å². The van der Waals surface area contributed by atoms with Crippen molar-refractivity contribution >= 4 is 21.4 Å². The lowest BCUT2D eigenvalue weighted by Gasteiger charge is -2.25. The van der Waals surface area contributed by atoms with Crippen LogP contribution in [0.2, 0.25) is 0 Å². The van der Waals surface area contributed by atoms with Crippen molar-refractivity contribution in [3.05, 3.63) is 17.0 Å². The van der Waals surface area contributed by atoms with E-state index in [0.29, 0.717) is 4.88 Å². The average molecular weight is 242 g/mol. The molecule has 1 N–H and O–H groups in total. The predicted octanol–water partition coefficient (Wildman–Crippen LogP) is 1.45. The van der Waals surface area contributed by atoms with Crippen LogP contribution in [0.25, 0.3) is 0 Å². The lowest BCUT2D eigenvalue weighted by molar-refractivity contribution is 0.384. The normalized spacial score (nSPS) is 17.0. The van der Waals surface area contributed by atoms with Gasteiger partial charge in [-0.3, -0.25) is 0 Å². The first-order valence-electron chi connectivity index (χ1n) is 4.64. The van der Waals surface area contributed by atoms with Crippen molar-refractivity contribution in [1.82, 2.24) is 4.72 Å². The maximum absolute atomic E-state index is 11.8. The van der Waals surface area contributed by atoms with Crippen LogP contribution in [0.3, 0.4) is 0 Å². The third-order valence-corrected chi connectivity index (χ3v) is 5.39. The Bertz CT molecular complexity index is 494. The second-order valence-electron chi connectivity index (χ2n) is 3.48. The standard InChI is InChI=1S/C9H10N2O2S2/c10-6-8-4-5-9(14-8)15(12,13)11-7-2-1-3-7/h4-5,7,11H,1-3H2. The maximum atomic E-state index is 11.8. The van der Waals surface area contributed by atoms with Gasteiger partial charge in [0.25, 0.3) is 0 Å². The third-order valence-electron chi connectivity index (χ3n) is 2.38. The van der Waals surface area contributed by atoms with E-state index < -0.39 is 10.0 Å². The number of thiophene rings is 1. The molecule has 80 valence electrons. The van der Waals surface area contributed by atoms with Crippen LogP contribution < -0.4 is 4.72 Å². The molecule has 1 saturated carbocycles. The van der Waals surface area contributed by atoms with Crippen LogP contribution in [-0.2, 0) is 10.0 Å². The molecule has 1 aromatic rings. The number of nitrogens with one attached hydrogen (secondary N) is 1. The summed E-state index contributed by atoms with van der Waals surface area (Å²) in [6, 6.07) is 5.02. The molecule has 0 unspecified atom stereocenters. The summed E-state index contributed by atoms with van der Waals surface area (Å²) in [7, 11) is -3.39. The van der Waals surface area contributed by atoms with E-state index >= 15 is 0 Å². The molecule has 0 aliphatic heterocycles. The molecule has 0 bridgehead atoms. The summed E-state index contributed by atoms with van der Waals surface area (Å²) < 4.78 is 26.4. The Hall–Kier alpha value is -0.900. The average Bonchev–Trinajstić information content (AvgIpc) is 2.60. The minimum absolute atomic E-state index is 0.0858. The fraction of sp³-hybridized carbons (Fsp3) is 0.444. The fourth-order valence-electron chi connectivity index (χ4n) is 1.33. The Morgan fingerprint density at radius 1 is 1.47 bits per heavy atom. The molecule has 1 fully saturated rings. The Labute approximate surface area is 92.6 Å². The van der Waals surface area contributed by atoms with Gasteiger partial charge in [-0.2, -0.15) is 5.26 Å². The highest BCUT2D eigenvalue weighted by Crippen LogP contribution is 2.24. The molecule has 0 atom stereocenters. The molecule has 2 rings (SSSR count). The summed E-state index contributed by atoms with van der Waals surface area (Å²) in [6.45, 7) is 0. The van der Waals surface area contributed by atoms with Crippen LogP contribution in [0.1, 0.15) is 24.1 Å². The molecule has 1 aliphatic carbocycles. The van der Waals surface area contributed by atoms with Gasteiger partial charge in [-0.25, -0.2) is 13.1 Å². The molecule has 0 spiro atoms. The Morgan fingerprint density at radius 3 is 2.67 bits per heavy atom. The smallest absolute Gasteiger partial charge is 0.207 e. The summed E-state index contributed by atoms with van der Waals surface area (Å²) in [5.41, 5.74) is 0. The largest absolute Gasteiger partial charge is 0.250 e. The van der Waals surface area contributed by atoms with Gasteiger partial charge in [0.2, 0.25) is 10.0 Å². The number of sulfonamides is 1. The van der Waals surface area contributed by atoms with E-state index in [-0.39, 0.29) is 10.3 Å². The molecule has 0 saturated heterocycles. The maximum Gasteiger partial charge on any atom is 0.250 e. The SMILES string of the molecule is N#Cc1ccc(S(=O)(=O)NC2CCC2)s1. The molecule has 1 aliphatic rings. The molecule has 4 nitrogen and oxygen atoms in total. The lowest BCUT2D eigenvalue weighted by atomic mass is 9.94. The van der Waals surface area contributed by atoms with E-state index in [1.165, 1.54) is 12.1 Å². The highest BCUT2D eigenvalue weighted by Gasteiger charge is 2.25. The van der Waals surface area contributed by atoms with Crippen LogP contribution in [-0.4, -0.2) is 14.5 Å². The molecule has 0 amide bonds. The molecule has 6 heteroatoms. The van der Waals surface area contributed by atoms with Crippen molar-refractivity contribution in [2.24, 2.45) is 0 Å². The topological polar surface area (TPSA) is 70.0 Å². The summed E-state index contributed by atoms with van der Waals surface area (Å²) >= 11 is 1.00. The zero-order valence-corrected chi connectivity index (χ0v) is 9.57. The van der Waals surface area contributed by atoms with Crippen LogP contribution in [0.5, 0.6) is 0 Å². The van der Waals surface area contributed by atoms with Gasteiger partial charge < -0.3 is 0 Å². The van der Waals surface area contributed by atoms with E-state index in [1.807, 2.05) is 6.07 Å². The van der Waals surface area contributed by atoms with Crippen LogP contribution in [0.15, 0.2) is 16.3 Å². The van der Waals surface area contributed by atoms with Gasteiger partial charge in [0.1, 0.15) is 15.2 Å². The van der Waals surface area contributed by atoms with E-state index in [0.717, 1.165) is 30.6 Å². The molecular formula is C9H10N2O2S2. The summed E-state index contributed by atoms with van der Waals surface area (Å²) in [6.07, 6.45) is 2.91. The molecule has 0 radical (unpaired) electrons. The summed E-state index contributed by atoms with van der Waals surface area (Å²) in [5, 5.41) is 8.60. The number of nitrogens with zero attached hydrogens (tertiary/aromatic N) is 1. The van der Waals surface area contributed by atoms with Crippen LogP contribution in [0, 0.1) is 11.3 Å². The van der Waals surface area contributed by atoms with Gasteiger partial charge in [0.15, 0.2) is 0 Å². The number of hydrogen-bond acceptors (Lipinski definition) is 4. The Morgan fingerprint density at radius 2 is 2.20 bits per heavy atom. The van der Waals surface area contributed by atoms with E-state index in [9.17, 15) is 8.42 Å². The van der Waals surface area contributed by atoms with Gasteiger partial charge in [0, 0.05) is 6.04 Å². The Kier molecular flexibility index (Phi) is 2.78. The third kappa shape index (κ3) is 2.20. The first kappa shape index (κ1) is 10.6. The summed E-state index contributed by atoms with van der Waals surface area (Å²) in [5.74, 6) is 0. The van der Waals surface area contributed by atoms with E-state index in [1.54, 1.807) is 0 Å². The fourth-order valence-corrected chi connectivity index (χ4v) is 3.75. The molecule has 1 aromatic heterocycles. The number of rotatable bonds is 3. The second-order valence-corrected chi connectivity index (χ2v) is 6.50. The molecular weight excluding hydrogens is 232 g/mol. The quantitative estimate of drug-likeness (QED) is 0.872. The zero-order valence-electron chi connectivity index (χ0n) is 7.93. The highest BCUT2D eigenvalue weighted by atomic mass is 32.2. The first-order valence-corrected chi connectivity index (χ1v) is 6.94. The first-order chi connectivity index (χ1) is 7.12. The van der Waals surface area contributed by atoms with Crippen molar-refractivity contribution in [1.29, 1.82) is 5.26 Å². The van der Waals surface area contributed by atoms with Crippen molar-refractivity contribution in [3.63, 3.8) is 0 Å². The van der Waals surface area contributed by atoms with Crippen molar-refractivity contribution < 1.29 is 8.42 Å². The zero-order chi connectivity index (χ0) is 10.9. The van der Waals surface area contributed by atoms with E-state index in [4.69, 9.17) is 5.26 Å². The molecule has 1 heterocycles. The van der Waals surface area contributed by atoms with Gasteiger partial charge >= 0.3 is 0 Å². The van der Waals surface area contributed by atoms with Crippen LogP contribution >= 0.6 is 11.3 Å². The van der Waals surface area contributed by atoms with Crippen molar-refractivity contribution in [2.45, 2.75) is 29.5 Å². The molecule has 0 aromatic carbocycles.